The van der Waals surface area contributed by atoms with Crippen LogP contribution in [0.3, 0.4) is 0 Å². The van der Waals surface area contributed by atoms with E-state index in [1.807, 2.05) is 0 Å². The first-order valence-electron chi connectivity index (χ1n) is 5.05. The molecule has 3 N–H and O–H groups in total. The SMILES string of the molecule is Cc1cc(=O)[nH]n1-c1ccc(C(F)(F)F)cc1N. The predicted octanol–water partition coefficient (Wildman–Crippen LogP) is 2.08. The maximum Gasteiger partial charge on any atom is 0.416 e. The highest BCUT2D eigenvalue weighted by atomic mass is 19.4. The molecule has 96 valence electrons. The van der Waals surface area contributed by atoms with Crippen molar-refractivity contribution in [1.82, 2.24) is 9.78 Å². The molecule has 7 heteroatoms. The van der Waals surface area contributed by atoms with Crippen LogP contribution in [0.25, 0.3) is 5.69 Å². The maximum atomic E-state index is 12.5. The van der Waals surface area contributed by atoms with E-state index in [2.05, 4.69) is 5.10 Å². The van der Waals surface area contributed by atoms with Gasteiger partial charge >= 0.3 is 6.18 Å². The minimum Gasteiger partial charge on any atom is -0.397 e. The number of benzene rings is 1. The molecule has 0 aliphatic heterocycles. The summed E-state index contributed by atoms with van der Waals surface area (Å²) in [6.45, 7) is 1.65. The van der Waals surface area contributed by atoms with E-state index in [0.29, 0.717) is 11.4 Å². The first-order valence-corrected chi connectivity index (χ1v) is 5.05. The Morgan fingerprint density at radius 3 is 2.39 bits per heavy atom. The van der Waals surface area contributed by atoms with Crippen LogP contribution in [0.15, 0.2) is 29.1 Å². The van der Waals surface area contributed by atoms with Gasteiger partial charge in [0.25, 0.3) is 5.56 Å². The van der Waals surface area contributed by atoms with Gasteiger partial charge in [-0.05, 0) is 25.1 Å². The zero-order valence-corrected chi connectivity index (χ0v) is 9.38. The lowest BCUT2D eigenvalue weighted by Gasteiger charge is -2.12. The first-order chi connectivity index (χ1) is 8.29. The molecular formula is C11H10F3N3O. The number of nitrogens with zero attached hydrogens (tertiary/aromatic N) is 1. The summed E-state index contributed by atoms with van der Waals surface area (Å²) in [6, 6.07) is 4.31. The fraction of sp³-hybridized carbons (Fsp3) is 0.182. The van der Waals surface area contributed by atoms with Crippen LogP contribution in [0.5, 0.6) is 0 Å². The van der Waals surface area contributed by atoms with Gasteiger partial charge in [0.2, 0.25) is 0 Å². The number of nitrogens with one attached hydrogen (secondary N) is 1. The van der Waals surface area contributed by atoms with Crippen LogP contribution < -0.4 is 11.3 Å². The highest BCUT2D eigenvalue weighted by molar-refractivity contribution is 5.59. The lowest BCUT2D eigenvalue weighted by Crippen LogP contribution is -2.10. The molecule has 4 nitrogen and oxygen atoms in total. The van der Waals surface area contributed by atoms with Crippen molar-refractivity contribution in [3.63, 3.8) is 0 Å². The summed E-state index contributed by atoms with van der Waals surface area (Å²) in [5.41, 5.74) is 5.23. The minimum absolute atomic E-state index is 0.0558. The van der Waals surface area contributed by atoms with Crippen molar-refractivity contribution in [2.75, 3.05) is 5.73 Å². The average Bonchev–Trinajstić information content (AvgIpc) is 2.56. The number of hydrogen-bond acceptors (Lipinski definition) is 2. The molecule has 0 unspecified atom stereocenters. The number of aromatic nitrogens is 2. The summed E-state index contributed by atoms with van der Waals surface area (Å²) in [6.07, 6.45) is -4.44. The number of halogens is 3. The van der Waals surface area contributed by atoms with Gasteiger partial charge in [0.15, 0.2) is 0 Å². The molecule has 0 bridgehead atoms. The largest absolute Gasteiger partial charge is 0.416 e. The molecule has 2 rings (SSSR count). The Kier molecular flexibility index (Phi) is 2.68. The Bertz CT molecular complexity index is 640. The standard InChI is InChI=1S/C11H10F3N3O/c1-6-4-10(18)16-17(6)9-3-2-7(5-8(9)15)11(12,13)14/h2-5H,15H2,1H3,(H,16,18). The van der Waals surface area contributed by atoms with Crippen LogP contribution in [0.4, 0.5) is 18.9 Å². The van der Waals surface area contributed by atoms with Crippen LogP contribution in [-0.4, -0.2) is 9.78 Å². The van der Waals surface area contributed by atoms with Gasteiger partial charge in [-0.2, -0.15) is 13.2 Å². The third-order valence-corrected chi connectivity index (χ3v) is 2.51. The van der Waals surface area contributed by atoms with Crippen LogP contribution in [0.2, 0.25) is 0 Å². The number of H-pyrrole nitrogens is 1. The number of hydrogen-bond donors (Lipinski definition) is 2. The van der Waals surface area contributed by atoms with Crippen molar-refractivity contribution >= 4 is 5.69 Å². The van der Waals surface area contributed by atoms with Crippen molar-refractivity contribution in [3.05, 3.63) is 45.9 Å². The van der Waals surface area contributed by atoms with E-state index < -0.39 is 11.7 Å². The molecular weight excluding hydrogens is 247 g/mol. The average molecular weight is 257 g/mol. The van der Waals surface area contributed by atoms with Crippen LogP contribution in [0.1, 0.15) is 11.3 Å². The number of anilines is 1. The van der Waals surface area contributed by atoms with E-state index in [-0.39, 0.29) is 11.2 Å². The molecule has 0 atom stereocenters. The monoisotopic (exact) mass is 257 g/mol. The molecule has 2 aromatic rings. The Morgan fingerprint density at radius 2 is 1.94 bits per heavy atom. The molecule has 0 amide bonds. The summed E-state index contributed by atoms with van der Waals surface area (Å²) in [5, 5.41) is 2.46. The van der Waals surface area contributed by atoms with Crippen LogP contribution in [0, 0.1) is 6.92 Å². The molecule has 0 fully saturated rings. The number of aromatic amines is 1. The lowest BCUT2D eigenvalue weighted by molar-refractivity contribution is -0.137. The number of aryl methyl sites for hydroxylation is 1. The van der Waals surface area contributed by atoms with Gasteiger partial charge in [0.1, 0.15) is 0 Å². The van der Waals surface area contributed by atoms with E-state index in [0.717, 1.165) is 12.1 Å². The fourth-order valence-corrected chi connectivity index (χ4v) is 1.67. The summed E-state index contributed by atoms with van der Waals surface area (Å²) < 4.78 is 38.7. The van der Waals surface area contributed by atoms with Crippen LogP contribution in [-0.2, 0) is 6.18 Å². The topological polar surface area (TPSA) is 63.8 Å². The van der Waals surface area contributed by atoms with Crippen molar-refractivity contribution in [2.24, 2.45) is 0 Å². The Labute approximate surface area is 99.8 Å². The summed E-state index contributed by atoms with van der Waals surface area (Å²) >= 11 is 0. The third-order valence-electron chi connectivity index (χ3n) is 2.51. The molecule has 0 saturated heterocycles. The minimum atomic E-state index is -4.44. The van der Waals surface area contributed by atoms with E-state index in [1.54, 1.807) is 6.92 Å². The van der Waals surface area contributed by atoms with E-state index in [9.17, 15) is 18.0 Å². The third kappa shape index (κ3) is 2.11. The normalized spacial score (nSPS) is 11.8. The van der Waals surface area contributed by atoms with Gasteiger partial charge in [-0.1, -0.05) is 0 Å². The van der Waals surface area contributed by atoms with Crippen LogP contribution >= 0.6 is 0 Å². The molecule has 0 aliphatic rings. The predicted molar refractivity (Wildman–Crippen MR) is 60.5 cm³/mol. The molecule has 18 heavy (non-hydrogen) atoms. The quantitative estimate of drug-likeness (QED) is 0.768. The number of alkyl halides is 3. The summed E-state index contributed by atoms with van der Waals surface area (Å²) in [7, 11) is 0. The van der Waals surface area contributed by atoms with Gasteiger partial charge in [0.05, 0.1) is 16.9 Å². The molecule has 1 aromatic heterocycles. The van der Waals surface area contributed by atoms with E-state index in [1.165, 1.54) is 16.8 Å². The second-order valence-electron chi connectivity index (χ2n) is 3.87. The Hall–Kier alpha value is -2.18. The summed E-state index contributed by atoms with van der Waals surface area (Å²) in [4.78, 5) is 11.1. The Morgan fingerprint density at radius 1 is 1.28 bits per heavy atom. The van der Waals surface area contributed by atoms with Gasteiger partial charge in [-0.3, -0.25) is 14.6 Å². The van der Waals surface area contributed by atoms with Crippen molar-refractivity contribution in [2.45, 2.75) is 13.1 Å². The van der Waals surface area contributed by atoms with Crippen molar-refractivity contribution < 1.29 is 13.2 Å². The zero-order chi connectivity index (χ0) is 13.5. The van der Waals surface area contributed by atoms with Gasteiger partial charge < -0.3 is 5.73 Å². The smallest absolute Gasteiger partial charge is 0.397 e. The number of nitrogens with two attached hydrogens (primary N) is 1. The van der Waals surface area contributed by atoms with E-state index in [4.69, 9.17) is 5.73 Å². The summed E-state index contributed by atoms with van der Waals surface area (Å²) in [5.74, 6) is 0. The van der Waals surface area contributed by atoms with E-state index >= 15 is 0 Å². The molecule has 0 aliphatic carbocycles. The number of rotatable bonds is 1. The number of nitrogen functional groups attached to an aromatic ring is 1. The molecule has 1 heterocycles. The van der Waals surface area contributed by atoms with Gasteiger partial charge in [-0.25, -0.2) is 0 Å². The lowest BCUT2D eigenvalue weighted by atomic mass is 10.1. The second kappa shape index (κ2) is 3.94. The second-order valence-corrected chi connectivity index (χ2v) is 3.87. The van der Waals surface area contributed by atoms with Crippen molar-refractivity contribution in [3.8, 4) is 5.69 Å². The fourth-order valence-electron chi connectivity index (χ4n) is 1.67. The highest BCUT2D eigenvalue weighted by Gasteiger charge is 2.30. The van der Waals surface area contributed by atoms with Crippen molar-refractivity contribution in [1.29, 1.82) is 0 Å². The Balaban J connectivity index is 2.55. The first kappa shape index (κ1) is 12.3. The molecule has 0 radical (unpaired) electrons. The maximum absolute atomic E-state index is 12.5. The zero-order valence-electron chi connectivity index (χ0n) is 9.38. The molecule has 1 aromatic carbocycles. The molecule has 0 saturated carbocycles. The van der Waals surface area contributed by atoms with Gasteiger partial charge in [-0.15, -0.1) is 0 Å². The molecule has 0 spiro atoms. The highest BCUT2D eigenvalue weighted by Crippen LogP contribution is 2.32. The van der Waals surface area contributed by atoms with Gasteiger partial charge in [0, 0.05) is 11.8 Å².